The maximum Gasteiger partial charge on any atom is 0.231 e. The van der Waals surface area contributed by atoms with Crippen LogP contribution >= 0.6 is 35.3 Å². The highest BCUT2D eigenvalue weighted by molar-refractivity contribution is 7.92. The molecule has 0 amide bonds. The number of fused-ring (bicyclic) bond motifs is 2. The third-order valence-corrected chi connectivity index (χ3v) is 7.24. The molecule has 8 nitrogen and oxygen atoms in total. The second-order valence-electron chi connectivity index (χ2n) is 8.35. The molecule has 0 bridgehead atoms. The first kappa shape index (κ1) is 27.1. The molecule has 1 unspecified atom stereocenters. The number of hydrogen-bond donors (Lipinski definition) is 2. The van der Waals surface area contributed by atoms with Crippen LogP contribution in [0.4, 0.5) is 14.6 Å². The van der Waals surface area contributed by atoms with Gasteiger partial charge in [-0.1, -0.05) is 17.7 Å². The minimum atomic E-state index is -3.62. The van der Waals surface area contributed by atoms with Gasteiger partial charge in [0.25, 0.3) is 0 Å². The normalized spacial score (nSPS) is 12.6. The van der Waals surface area contributed by atoms with Crippen LogP contribution in [-0.2, 0) is 23.5 Å². The van der Waals surface area contributed by atoms with Crippen LogP contribution in [0.15, 0.2) is 41.9 Å². The molecule has 0 spiro atoms. The van der Waals surface area contributed by atoms with Crippen molar-refractivity contribution >= 4 is 72.4 Å². The fourth-order valence-electron chi connectivity index (χ4n) is 4.23. The molecule has 5 rings (SSSR count). The van der Waals surface area contributed by atoms with E-state index in [1.807, 2.05) is 6.07 Å². The van der Waals surface area contributed by atoms with Crippen molar-refractivity contribution in [3.05, 3.63) is 69.8 Å². The number of hydrogen-bond acceptors (Lipinski definition) is 7. The summed E-state index contributed by atoms with van der Waals surface area (Å²) >= 11 is 7.87. The molecule has 3 N–H and O–H groups in total. The SMILES string of the molecule is Cl.Cn1nc(NS(C)(=O)=O)c2c(Cl)ccc(-c3cc4scnc4nc3C(N)Cc3cc(F)cc(F)c3)c21. The molecule has 0 aliphatic rings. The predicted octanol–water partition coefficient (Wildman–Crippen LogP) is 5.21. The topological polar surface area (TPSA) is 116 Å². The Kier molecular flexibility index (Phi) is 7.41. The van der Waals surface area contributed by atoms with E-state index in [2.05, 4.69) is 14.8 Å². The number of aryl methyl sites for hydroxylation is 1. The lowest BCUT2D eigenvalue weighted by Crippen LogP contribution is -2.17. The van der Waals surface area contributed by atoms with Crippen LogP contribution in [0, 0.1) is 11.6 Å². The number of sulfonamides is 1. The molecule has 5 aromatic rings. The van der Waals surface area contributed by atoms with Crippen LogP contribution in [0.1, 0.15) is 17.3 Å². The number of benzene rings is 2. The van der Waals surface area contributed by atoms with E-state index >= 15 is 0 Å². The highest BCUT2D eigenvalue weighted by atomic mass is 35.5. The van der Waals surface area contributed by atoms with Gasteiger partial charge in [-0.3, -0.25) is 9.40 Å². The number of nitrogens with two attached hydrogens (primary N) is 1. The lowest BCUT2D eigenvalue weighted by Gasteiger charge is -2.17. The zero-order valence-electron chi connectivity index (χ0n) is 19.4. The van der Waals surface area contributed by atoms with Crippen molar-refractivity contribution in [2.24, 2.45) is 12.8 Å². The number of nitrogens with zero attached hydrogens (tertiary/aromatic N) is 4. The summed E-state index contributed by atoms with van der Waals surface area (Å²) in [6.45, 7) is 0. The Labute approximate surface area is 225 Å². The predicted molar refractivity (Wildman–Crippen MR) is 145 cm³/mol. The summed E-state index contributed by atoms with van der Waals surface area (Å²) < 4.78 is 56.1. The molecule has 0 saturated carbocycles. The number of aromatic nitrogens is 4. The van der Waals surface area contributed by atoms with Gasteiger partial charge in [0, 0.05) is 24.2 Å². The van der Waals surface area contributed by atoms with E-state index < -0.39 is 27.7 Å². The quantitative estimate of drug-likeness (QED) is 0.283. The van der Waals surface area contributed by atoms with Crippen molar-refractivity contribution in [2.75, 3.05) is 11.0 Å². The number of anilines is 1. The molecule has 0 saturated heterocycles. The van der Waals surface area contributed by atoms with Crippen LogP contribution in [0.2, 0.25) is 5.02 Å². The summed E-state index contributed by atoms with van der Waals surface area (Å²) in [5.74, 6) is -1.30. The number of rotatable bonds is 6. The summed E-state index contributed by atoms with van der Waals surface area (Å²) in [4.78, 5) is 8.98. The Balaban J connectivity index is 0.00000320. The fourth-order valence-corrected chi connectivity index (χ4v) is 5.62. The van der Waals surface area contributed by atoms with Gasteiger partial charge < -0.3 is 5.73 Å². The summed E-state index contributed by atoms with van der Waals surface area (Å²) in [6, 6.07) is 7.83. The number of pyridine rings is 1. The van der Waals surface area contributed by atoms with Crippen LogP contribution in [0.25, 0.3) is 32.4 Å². The molecular weight excluding hydrogens is 565 g/mol. The van der Waals surface area contributed by atoms with E-state index in [1.165, 1.54) is 28.2 Å². The number of thiazole rings is 1. The van der Waals surface area contributed by atoms with Gasteiger partial charge in [-0.15, -0.1) is 23.7 Å². The molecule has 14 heteroatoms. The Morgan fingerprint density at radius 3 is 2.54 bits per heavy atom. The van der Waals surface area contributed by atoms with Crippen molar-refractivity contribution in [3.8, 4) is 11.1 Å². The highest BCUT2D eigenvalue weighted by Crippen LogP contribution is 2.40. The molecule has 0 aliphatic heterocycles. The van der Waals surface area contributed by atoms with Gasteiger partial charge >= 0.3 is 0 Å². The Hall–Kier alpha value is -2.90. The van der Waals surface area contributed by atoms with Gasteiger partial charge in [-0.05, 0) is 36.2 Å². The number of nitrogens with one attached hydrogen (secondary N) is 1. The summed E-state index contributed by atoms with van der Waals surface area (Å²) in [5.41, 5.74) is 11.4. The first-order chi connectivity index (χ1) is 17.0. The van der Waals surface area contributed by atoms with E-state index in [4.69, 9.17) is 22.3 Å². The third-order valence-electron chi connectivity index (χ3n) is 5.59. The van der Waals surface area contributed by atoms with Gasteiger partial charge in [-0.2, -0.15) is 5.10 Å². The Bertz CT molecular complexity index is 1740. The van der Waals surface area contributed by atoms with Crippen LogP contribution < -0.4 is 10.5 Å². The summed E-state index contributed by atoms with van der Waals surface area (Å²) in [5, 5.41) is 5.05. The smallest absolute Gasteiger partial charge is 0.231 e. The van der Waals surface area contributed by atoms with Crippen LogP contribution in [0.5, 0.6) is 0 Å². The van der Waals surface area contributed by atoms with E-state index in [9.17, 15) is 17.2 Å². The van der Waals surface area contributed by atoms with Gasteiger partial charge in [-0.25, -0.2) is 27.2 Å². The maximum atomic E-state index is 13.8. The third kappa shape index (κ3) is 5.39. The molecule has 37 heavy (non-hydrogen) atoms. The largest absolute Gasteiger partial charge is 0.322 e. The number of halogens is 4. The van der Waals surface area contributed by atoms with Gasteiger partial charge in [0.15, 0.2) is 11.5 Å². The van der Waals surface area contributed by atoms with Gasteiger partial charge in [0.1, 0.15) is 11.6 Å². The molecule has 1 atom stereocenters. The first-order valence-electron chi connectivity index (χ1n) is 10.6. The van der Waals surface area contributed by atoms with E-state index in [-0.39, 0.29) is 24.6 Å². The molecule has 3 heterocycles. The lowest BCUT2D eigenvalue weighted by molar-refractivity contribution is 0.576. The van der Waals surface area contributed by atoms with Crippen molar-refractivity contribution in [1.29, 1.82) is 0 Å². The second-order valence-corrected chi connectivity index (χ2v) is 11.4. The van der Waals surface area contributed by atoms with Crippen LogP contribution in [-0.4, -0.2) is 34.4 Å². The maximum absolute atomic E-state index is 13.8. The molecule has 3 aromatic heterocycles. The average Bonchev–Trinajstić information content (AvgIpc) is 3.35. The second kappa shape index (κ2) is 10.1. The zero-order valence-corrected chi connectivity index (χ0v) is 22.6. The Morgan fingerprint density at radius 1 is 1.16 bits per heavy atom. The standard InChI is InChI=1S/C23H19ClF2N6O2S2.ClH/c1-32-21-14(3-4-16(24)19(21)23(30-32)31-36(2,33)34)15-9-18-22(28-10-35-18)29-20(15)17(27)7-11-5-12(25)8-13(26)6-11;/h3-6,8-10,17H,7,27H2,1-2H3,(H,30,31);1H. The first-order valence-corrected chi connectivity index (χ1v) is 13.7. The zero-order chi connectivity index (χ0) is 25.8. The minimum absolute atomic E-state index is 0. The van der Waals surface area contributed by atoms with Crippen molar-refractivity contribution in [2.45, 2.75) is 12.5 Å². The van der Waals surface area contributed by atoms with E-state index in [0.29, 0.717) is 44.0 Å². The molecule has 0 fully saturated rings. The molecule has 0 aliphatic carbocycles. The van der Waals surface area contributed by atoms with Crippen molar-refractivity contribution in [1.82, 2.24) is 19.7 Å². The Morgan fingerprint density at radius 2 is 1.86 bits per heavy atom. The van der Waals surface area contributed by atoms with Gasteiger partial charge in [0.2, 0.25) is 10.0 Å². The van der Waals surface area contributed by atoms with E-state index in [0.717, 1.165) is 17.0 Å². The molecule has 194 valence electrons. The minimum Gasteiger partial charge on any atom is -0.322 e. The van der Waals surface area contributed by atoms with Gasteiger partial charge in [0.05, 0.1) is 44.1 Å². The monoisotopic (exact) mass is 584 g/mol. The van der Waals surface area contributed by atoms with E-state index in [1.54, 1.807) is 24.7 Å². The average molecular weight is 585 g/mol. The molecule has 0 radical (unpaired) electrons. The summed E-state index contributed by atoms with van der Waals surface area (Å²) in [7, 11) is -1.95. The molecule has 2 aromatic carbocycles. The van der Waals surface area contributed by atoms with Crippen molar-refractivity contribution < 1.29 is 17.2 Å². The lowest BCUT2D eigenvalue weighted by atomic mass is 9.94. The fraction of sp³-hybridized carbons (Fsp3) is 0.174. The highest BCUT2D eigenvalue weighted by Gasteiger charge is 2.24. The summed E-state index contributed by atoms with van der Waals surface area (Å²) in [6.07, 6.45) is 1.15. The van der Waals surface area contributed by atoms with Crippen molar-refractivity contribution in [3.63, 3.8) is 0 Å². The molecular formula is C23H20Cl2F2N6O2S2. The van der Waals surface area contributed by atoms with Crippen LogP contribution in [0.3, 0.4) is 0 Å².